The number of aliphatic hydroxyl groups excluding tert-OH is 1. The summed E-state index contributed by atoms with van der Waals surface area (Å²) in [5.41, 5.74) is 9.12. The highest BCUT2D eigenvalue weighted by Gasteiger charge is 2.68. The van der Waals surface area contributed by atoms with Gasteiger partial charge in [-0.2, -0.15) is 0 Å². The van der Waals surface area contributed by atoms with Crippen molar-refractivity contribution in [3.8, 4) is 0 Å². The molecule has 4 aliphatic rings. The molecule has 0 amide bonds. The predicted molar refractivity (Wildman–Crippen MR) is 100 cm³/mol. The summed E-state index contributed by atoms with van der Waals surface area (Å²) in [5.74, 6) is 1.83. The number of nitrogens with zero attached hydrogens (tertiary/aromatic N) is 3. The minimum Gasteiger partial charge on any atom is -0.393 e. The SMILES string of the molecule is CC(=O)[C@H]1CC[C@]2(N=[N+]=[N-])[C@@H]3CC[C@@H]4C[C@H](O)CC[C@]4(C)[C@H]3CC[C@]12C. The fourth-order valence-corrected chi connectivity index (χ4v) is 8.17. The molecule has 4 aliphatic carbocycles. The fourth-order valence-electron chi connectivity index (χ4n) is 8.17. The van der Waals surface area contributed by atoms with Crippen LogP contribution in [0, 0.1) is 34.5 Å². The summed E-state index contributed by atoms with van der Waals surface area (Å²) in [7, 11) is 0. The monoisotopic (exact) mass is 359 g/mol. The fraction of sp³-hybridized carbons (Fsp3) is 0.952. The molecule has 144 valence electrons. The molecule has 0 bridgehead atoms. The lowest BCUT2D eigenvalue weighted by Gasteiger charge is -2.64. The number of carbonyl (C=O) groups is 1. The zero-order valence-electron chi connectivity index (χ0n) is 16.4. The number of hydrogen-bond donors (Lipinski definition) is 1. The van der Waals surface area contributed by atoms with Gasteiger partial charge in [0.25, 0.3) is 0 Å². The molecule has 0 aliphatic heterocycles. The van der Waals surface area contributed by atoms with Crippen molar-refractivity contribution >= 4 is 5.78 Å². The zero-order chi connectivity index (χ0) is 18.7. The minimum atomic E-state index is -0.398. The third-order valence-corrected chi connectivity index (χ3v) is 9.54. The van der Waals surface area contributed by atoms with Crippen LogP contribution in [0.4, 0.5) is 0 Å². The van der Waals surface area contributed by atoms with Crippen LogP contribution in [0.25, 0.3) is 10.4 Å². The van der Waals surface area contributed by atoms with E-state index < -0.39 is 5.54 Å². The van der Waals surface area contributed by atoms with Gasteiger partial charge in [-0.1, -0.05) is 19.0 Å². The van der Waals surface area contributed by atoms with Gasteiger partial charge in [-0.3, -0.25) is 4.79 Å². The Bertz CT molecular complexity index is 660. The summed E-state index contributed by atoms with van der Waals surface area (Å²) < 4.78 is 0. The van der Waals surface area contributed by atoms with Crippen molar-refractivity contribution in [1.82, 2.24) is 0 Å². The van der Waals surface area contributed by atoms with Gasteiger partial charge in [0, 0.05) is 10.8 Å². The Morgan fingerprint density at radius 3 is 2.54 bits per heavy atom. The second-order valence-electron chi connectivity index (χ2n) is 10.2. The van der Waals surface area contributed by atoms with Gasteiger partial charge in [-0.25, -0.2) is 0 Å². The molecule has 0 radical (unpaired) electrons. The van der Waals surface area contributed by atoms with Gasteiger partial charge in [0.1, 0.15) is 5.78 Å². The summed E-state index contributed by atoms with van der Waals surface area (Å²) >= 11 is 0. The van der Waals surface area contributed by atoms with Crippen LogP contribution in [0.5, 0.6) is 0 Å². The zero-order valence-corrected chi connectivity index (χ0v) is 16.4. The molecule has 0 heterocycles. The van der Waals surface area contributed by atoms with Gasteiger partial charge in [0.2, 0.25) is 0 Å². The van der Waals surface area contributed by atoms with Crippen molar-refractivity contribution in [3.05, 3.63) is 10.4 Å². The van der Waals surface area contributed by atoms with Crippen molar-refractivity contribution in [3.63, 3.8) is 0 Å². The van der Waals surface area contributed by atoms with E-state index in [4.69, 9.17) is 0 Å². The molecule has 1 N–H and O–H groups in total. The third-order valence-electron chi connectivity index (χ3n) is 9.54. The molecule has 8 atom stereocenters. The lowest BCUT2D eigenvalue weighted by Crippen LogP contribution is -2.61. The number of rotatable bonds is 2. The van der Waals surface area contributed by atoms with Crippen LogP contribution in [0.2, 0.25) is 0 Å². The molecule has 4 saturated carbocycles. The summed E-state index contributed by atoms with van der Waals surface area (Å²) in [5, 5.41) is 14.7. The molecule has 26 heavy (non-hydrogen) atoms. The van der Waals surface area contributed by atoms with E-state index in [1.54, 1.807) is 6.92 Å². The Hall–Kier alpha value is -1.06. The van der Waals surface area contributed by atoms with E-state index in [0.29, 0.717) is 17.8 Å². The molecule has 0 saturated heterocycles. The van der Waals surface area contributed by atoms with Gasteiger partial charge in [-0.05, 0) is 98.8 Å². The Balaban J connectivity index is 1.76. The highest BCUT2D eigenvalue weighted by molar-refractivity contribution is 5.80. The van der Waals surface area contributed by atoms with E-state index in [9.17, 15) is 15.4 Å². The third kappa shape index (κ3) is 2.19. The van der Waals surface area contributed by atoms with Crippen LogP contribution in [0.1, 0.15) is 78.6 Å². The Kier molecular flexibility index (Phi) is 4.20. The smallest absolute Gasteiger partial charge is 0.133 e. The van der Waals surface area contributed by atoms with Crippen LogP contribution < -0.4 is 0 Å². The highest BCUT2D eigenvalue weighted by atomic mass is 16.3. The summed E-state index contributed by atoms with van der Waals surface area (Å²) in [6.07, 6.45) is 8.83. The van der Waals surface area contributed by atoms with Gasteiger partial charge in [0.15, 0.2) is 0 Å². The number of fused-ring (bicyclic) bond motifs is 5. The first-order chi connectivity index (χ1) is 12.3. The van der Waals surface area contributed by atoms with E-state index in [1.165, 1.54) is 0 Å². The molecular weight excluding hydrogens is 326 g/mol. The van der Waals surface area contributed by atoms with Crippen molar-refractivity contribution in [1.29, 1.82) is 0 Å². The second-order valence-corrected chi connectivity index (χ2v) is 10.2. The number of carbonyl (C=O) groups excluding carboxylic acids is 1. The maximum atomic E-state index is 12.4. The maximum Gasteiger partial charge on any atom is 0.133 e. The topological polar surface area (TPSA) is 86.1 Å². The van der Waals surface area contributed by atoms with E-state index in [2.05, 4.69) is 23.9 Å². The van der Waals surface area contributed by atoms with Crippen molar-refractivity contribution in [2.45, 2.75) is 90.2 Å². The number of hydrogen-bond acceptors (Lipinski definition) is 3. The van der Waals surface area contributed by atoms with Crippen LogP contribution in [0.15, 0.2) is 5.11 Å². The van der Waals surface area contributed by atoms with Gasteiger partial charge < -0.3 is 5.11 Å². The summed E-state index contributed by atoms with van der Waals surface area (Å²) in [6, 6.07) is 0. The Labute approximate surface area is 156 Å². The Morgan fingerprint density at radius 1 is 1.08 bits per heavy atom. The second kappa shape index (κ2) is 5.97. The number of azide groups is 1. The molecule has 0 aromatic carbocycles. The molecule has 5 heteroatoms. The first-order valence-electron chi connectivity index (χ1n) is 10.5. The summed E-state index contributed by atoms with van der Waals surface area (Å²) in [4.78, 5) is 15.7. The largest absolute Gasteiger partial charge is 0.393 e. The normalized spacial score (nSPS) is 53.0. The van der Waals surface area contributed by atoms with Crippen LogP contribution in [-0.4, -0.2) is 22.5 Å². The number of aliphatic hydroxyl groups is 1. The lowest BCUT2D eigenvalue weighted by molar-refractivity contribution is -0.144. The van der Waals surface area contributed by atoms with E-state index >= 15 is 0 Å². The average Bonchev–Trinajstić information content (AvgIpc) is 2.89. The first-order valence-corrected chi connectivity index (χ1v) is 10.5. The van der Waals surface area contributed by atoms with Crippen LogP contribution in [-0.2, 0) is 4.79 Å². The van der Waals surface area contributed by atoms with Gasteiger partial charge in [0.05, 0.1) is 11.6 Å². The van der Waals surface area contributed by atoms with E-state index in [1.807, 2.05) is 0 Å². The predicted octanol–water partition coefficient (Wildman–Crippen LogP) is 5.03. The standard InChI is InChI=1S/C21H33N3O2/c1-13(25)16-8-11-21(23-24-22)18-5-4-14-12-15(26)6-9-19(14,2)17(18)7-10-20(16,21)3/h14-18,26H,4-12H2,1-3H3/t14-,15-,16-,17+,18-,19+,20-,21+/m1/s1. The van der Waals surface area contributed by atoms with Crippen molar-refractivity contribution in [2.75, 3.05) is 0 Å². The van der Waals surface area contributed by atoms with E-state index in [0.717, 1.165) is 57.8 Å². The van der Waals surface area contributed by atoms with Crippen molar-refractivity contribution < 1.29 is 9.90 Å². The minimum absolute atomic E-state index is 0.0349. The number of Topliss-reactive ketones (excluding diaryl/α,β-unsaturated/α-hetero) is 1. The summed E-state index contributed by atoms with van der Waals surface area (Å²) in [6.45, 7) is 6.38. The Morgan fingerprint density at radius 2 is 1.85 bits per heavy atom. The first kappa shape index (κ1) is 18.3. The van der Waals surface area contributed by atoms with Gasteiger partial charge in [-0.15, -0.1) is 0 Å². The van der Waals surface area contributed by atoms with Crippen LogP contribution >= 0.6 is 0 Å². The molecule has 5 nitrogen and oxygen atoms in total. The number of ketones is 1. The van der Waals surface area contributed by atoms with E-state index in [-0.39, 0.29) is 28.6 Å². The molecule has 0 aromatic heterocycles. The van der Waals surface area contributed by atoms with Gasteiger partial charge >= 0.3 is 0 Å². The quantitative estimate of drug-likeness (QED) is 0.426. The molecule has 4 rings (SSSR count). The van der Waals surface area contributed by atoms with Crippen LogP contribution in [0.3, 0.4) is 0 Å². The highest BCUT2D eigenvalue weighted by Crippen LogP contribution is 2.70. The van der Waals surface area contributed by atoms with Crippen molar-refractivity contribution in [2.24, 2.45) is 39.6 Å². The molecule has 0 aromatic rings. The average molecular weight is 360 g/mol. The molecule has 0 spiro atoms. The lowest BCUT2D eigenvalue weighted by atomic mass is 9.42. The molecule has 4 fully saturated rings. The molecule has 0 unspecified atom stereocenters. The molecular formula is C21H33N3O2. The maximum absolute atomic E-state index is 12.4.